The maximum atomic E-state index is 11.9. The molecule has 0 spiro atoms. The van der Waals surface area contributed by atoms with Gasteiger partial charge in [-0.25, -0.2) is 4.98 Å². The summed E-state index contributed by atoms with van der Waals surface area (Å²) in [5.41, 5.74) is 0. The second kappa shape index (κ2) is 5.71. The minimum atomic E-state index is 0.0183. The smallest absolute Gasteiger partial charge is 0.228 e. The normalized spacial score (nSPS) is 19.3. The molecule has 1 aliphatic rings. The highest BCUT2D eigenvalue weighted by atomic mass is 35.5. The second-order valence-electron chi connectivity index (χ2n) is 4.19. The standard InChI is InChI=1S/C12H13ClN2O2S/c1-8(16)18-7-9-5-11(17)15(6-9)12-10(13)3-2-4-14-12/h2-4,9H,5-7H2,1H3. The number of nitrogens with zero attached hydrogens (tertiary/aromatic N) is 2. The van der Waals surface area contributed by atoms with Crippen molar-refractivity contribution in [2.24, 2.45) is 5.92 Å². The second-order valence-corrected chi connectivity index (χ2v) is 5.79. The van der Waals surface area contributed by atoms with Crippen LogP contribution in [-0.2, 0) is 9.59 Å². The van der Waals surface area contributed by atoms with Gasteiger partial charge in [0.15, 0.2) is 10.9 Å². The Balaban J connectivity index is 2.06. The van der Waals surface area contributed by atoms with Gasteiger partial charge >= 0.3 is 0 Å². The number of thioether (sulfide) groups is 1. The molecule has 0 N–H and O–H groups in total. The predicted molar refractivity (Wildman–Crippen MR) is 72.8 cm³/mol. The number of pyridine rings is 1. The quantitative estimate of drug-likeness (QED) is 0.855. The summed E-state index contributed by atoms with van der Waals surface area (Å²) in [5.74, 6) is 1.39. The van der Waals surface area contributed by atoms with Crippen LogP contribution in [0.5, 0.6) is 0 Å². The van der Waals surface area contributed by atoms with E-state index in [0.29, 0.717) is 29.6 Å². The monoisotopic (exact) mass is 284 g/mol. The Morgan fingerprint density at radius 2 is 2.44 bits per heavy atom. The first-order valence-electron chi connectivity index (χ1n) is 5.62. The molecule has 1 amide bonds. The minimum Gasteiger partial charge on any atom is -0.295 e. The molecular formula is C12H13ClN2O2S. The number of hydrogen-bond donors (Lipinski definition) is 0. The fraction of sp³-hybridized carbons (Fsp3) is 0.417. The molecule has 0 aliphatic carbocycles. The average Bonchev–Trinajstić information content (AvgIpc) is 2.69. The molecule has 0 radical (unpaired) electrons. The Labute approximate surface area is 115 Å². The third-order valence-electron chi connectivity index (χ3n) is 2.72. The molecule has 0 saturated carbocycles. The largest absolute Gasteiger partial charge is 0.295 e. The molecule has 96 valence electrons. The van der Waals surface area contributed by atoms with Crippen LogP contribution in [-0.4, -0.2) is 28.3 Å². The van der Waals surface area contributed by atoms with Crippen molar-refractivity contribution >= 4 is 40.2 Å². The van der Waals surface area contributed by atoms with Crippen LogP contribution in [0.4, 0.5) is 5.82 Å². The van der Waals surface area contributed by atoms with Crippen molar-refractivity contribution in [2.45, 2.75) is 13.3 Å². The Bertz CT molecular complexity index is 481. The number of anilines is 1. The molecule has 1 aromatic rings. The maximum Gasteiger partial charge on any atom is 0.228 e. The van der Waals surface area contributed by atoms with Crippen LogP contribution < -0.4 is 4.90 Å². The summed E-state index contributed by atoms with van der Waals surface area (Å²) in [6, 6.07) is 3.45. The van der Waals surface area contributed by atoms with Crippen molar-refractivity contribution in [3.63, 3.8) is 0 Å². The van der Waals surface area contributed by atoms with Crippen LogP contribution in [0, 0.1) is 5.92 Å². The summed E-state index contributed by atoms with van der Waals surface area (Å²) in [7, 11) is 0. The number of rotatable bonds is 3. The zero-order valence-electron chi connectivity index (χ0n) is 9.93. The third kappa shape index (κ3) is 3.03. The lowest BCUT2D eigenvalue weighted by Crippen LogP contribution is -2.26. The Kier molecular flexibility index (Phi) is 4.24. The average molecular weight is 285 g/mol. The molecule has 1 aliphatic heterocycles. The molecule has 0 bridgehead atoms. The van der Waals surface area contributed by atoms with E-state index in [2.05, 4.69) is 4.98 Å². The lowest BCUT2D eigenvalue weighted by atomic mass is 10.1. The number of aromatic nitrogens is 1. The molecule has 2 rings (SSSR count). The van der Waals surface area contributed by atoms with Crippen LogP contribution in [0.3, 0.4) is 0 Å². The van der Waals surface area contributed by atoms with Gasteiger partial charge in [-0.05, 0) is 18.1 Å². The van der Waals surface area contributed by atoms with Gasteiger partial charge in [0, 0.05) is 31.8 Å². The number of hydrogen-bond acceptors (Lipinski definition) is 4. The fourth-order valence-electron chi connectivity index (χ4n) is 1.91. The van der Waals surface area contributed by atoms with Gasteiger partial charge in [0.2, 0.25) is 5.91 Å². The number of carbonyl (C=O) groups excluding carboxylic acids is 2. The highest BCUT2D eigenvalue weighted by Crippen LogP contribution is 2.30. The van der Waals surface area contributed by atoms with E-state index in [1.807, 2.05) is 0 Å². The minimum absolute atomic E-state index is 0.0183. The van der Waals surface area contributed by atoms with Gasteiger partial charge in [-0.3, -0.25) is 14.5 Å². The lowest BCUT2D eigenvalue weighted by Gasteiger charge is -2.16. The molecular weight excluding hydrogens is 272 g/mol. The topological polar surface area (TPSA) is 50.3 Å². The molecule has 0 aromatic carbocycles. The van der Waals surface area contributed by atoms with Crippen molar-refractivity contribution in [1.29, 1.82) is 0 Å². The molecule has 1 atom stereocenters. The van der Waals surface area contributed by atoms with Crippen LogP contribution in [0.1, 0.15) is 13.3 Å². The van der Waals surface area contributed by atoms with E-state index in [0.717, 1.165) is 0 Å². The molecule has 1 saturated heterocycles. The van der Waals surface area contributed by atoms with Crippen LogP contribution >= 0.6 is 23.4 Å². The zero-order valence-corrected chi connectivity index (χ0v) is 11.5. The van der Waals surface area contributed by atoms with E-state index in [4.69, 9.17) is 11.6 Å². The summed E-state index contributed by atoms with van der Waals surface area (Å²) in [6.45, 7) is 2.12. The third-order valence-corrected chi connectivity index (χ3v) is 4.06. The van der Waals surface area contributed by atoms with E-state index >= 15 is 0 Å². The molecule has 1 aromatic heterocycles. The summed E-state index contributed by atoms with van der Waals surface area (Å²) in [6.07, 6.45) is 2.07. The number of carbonyl (C=O) groups is 2. The van der Waals surface area contributed by atoms with E-state index in [9.17, 15) is 9.59 Å². The summed E-state index contributed by atoms with van der Waals surface area (Å²) < 4.78 is 0. The number of halogens is 1. The highest BCUT2D eigenvalue weighted by Gasteiger charge is 2.32. The Morgan fingerprint density at radius 3 is 3.11 bits per heavy atom. The van der Waals surface area contributed by atoms with Crippen LogP contribution in [0.15, 0.2) is 18.3 Å². The van der Waals surface area contributed by atoms with Gasteiger partial charge in [0.25, 0.3) is 0 Å². The van der Waals surface area contributed by atoms with Gasteiger partial charge in [0.1, 0.15) is 0 Å². The van der Waals surface area contributed by atoms with Crippen molar-refractivity contribution in [3.05, 3.63) is 23.4 Å². The predicted octanol–water partition coefficient (Wildman–Crippen LogP) is 2.37. The van der Waals surface area contributed by atoms with Gasteiger partial charge in [-0.2, -0.15) is 0 Å². The first-order chi connectivity index (χ1) is 8.58. The molecule has 18 heavy (non-hydrogen) atoms. The van der Waals surface area contributed by atoms with Crippen molar-refractivity contribution in [1.82, 2.24) is 4.98 Å². The van der Waals surface area contributed by atoms with Gasteiger partial charge in [-0.15, -0.1) is 0 Å². The molecule has 1 unspecified atom stereocenters. The van der Waals surface area contributed by atoms with E-state index in [1.165, 1.54) is 18.7 Å². The summed E-state index contributed by atoms with van der Waals surface area (Å²) in [5, 5.41) is 0.558. The molecule has 6 heteroatoms. The fourth-order valence-corrected chi connectivity index (χ4v) is 2.83. The number of amides is 1. The van der Waals surface area contributed by atoms with Gasteiger partial charge < -0.3 is 0 Å². The molecule has 4 nitrogen and oxygen atoms in total. The van der Waals surface area contributed by atoms with Gasteiger partial charge in [0.05, 0.1) is 5.02 Å². The molecule has 2 heterocycles. The van der Waals surface area contributed by atoms with E-state index in [-0.39, 0.29) is 16.9 Å². The Hall–Kier alpha value is -1.07. The van der Waals surface area contributed by atoms with E-state index in [1.54, 1.807) is 23.2 Å². The lowest BCUT2D eigenvalue weighted by molar-refractivity contribution is -0.117. The maximum absolute atomic E-state index is 11.9. The van der Waals surface area contributed by atoms with Crippen molar-refractivity contribution in [2.75, 3.05) is 17.2 Å². The van der Waals surface area contributed by atoms with Crippen molar-refractivity contribution in [3.8, 4) is 0 Å². The Morgan fingerprint density at radius 1 is 1.67 bits per heavy atom. The van der Waals surface area contributed by atoms with Crippen LogP contribution in [0.25, 0.3) is 0 Å². The highest BCUT2D eigenvalue weighted by molar-refractivity contribution is 8.13. The van der Waals surface area contributed by atoms with Gasteiger partial charge in [-0.1, -0.05) is 23.4 Å². The summed E-state index contributed by atoms with van der Waals surface area (Å²) in [4.78, 5) is 28.6. The van der Waals surface area contributed by atoms with E-state index < -0.39 is 0 Å². The zero-order chi connectivity index (χ0) is 13.1. The van der Waals surface area contributed by atoms with Crippen molar-refractivity contribution < 1.29 is 9.59 Å². The molecule has 1 fully saturated rings. The SMILES string of the molecule is CC(=O)SCC1CC(=O)N(c2ncccc2Cl)C1. The first kappa shape index (κ1) is 13.4. The summed E-state index contributed by atoms with van der Waals surface area (Å²) >= 11 is 7.29. The van der Waals surface area contributed by atoms with Crippen LogP contribution in [0.2, 0.25) is 5.02 Å². The first-order valence-corrected chi connectivity index (χ1v) is 6.98.